The summed E-state index contributed by atoms with van der Waals surface area (Å²) in [6, 6.07) is 34.7. The van der Waals surface area contributed by atoms with Crippen LogP contribution in [-0.2, 0) is 24.6 Å². The molecule has 5 aromatic rings. The molecule has 11 nitrogen and oxygen atoms in total. The number of anilines is 3. The van der Waals surface area contributed by atoms with Crippen LogP contribution in [0.1, 0.15) is 35.4 Å². The average molecular weight is 789 g/mol. The van der Waals surface area contributed by atoms with Gasteiger partial charge in [-0.2, -0.15) is 15.2 Å². The van der Waals surface area contributed by atoms with Crippen LogP contribution in [-0.4, -0.2) is 47.8 Å². The number of imide groups is 2. The third-order valence-corrected chi connectivity index (χ3v) is 12.5. The first kappa shape index (κ1) is 37.6. The topological polar surface area (TPSA) is 135 Å². The number of phenols is 1. The molecule has 1 saturated carbocycles. The normalized spacial score (nSPS) is 24.9. The highest BCUT2D eigenvalue weighted by Gasteiger charge is 2.70. The summed E-state index contributed by atoms with van der Waals surface area (Å²) in [7, 11) is 3.91. The van der Waals surface area contributed by atoms with Gasteiger partial charge in [0.15, 0.2) is 11.6 Å². The lowest BCUT2D eigenvalue weighted by molar-refractivity contribution is -0.138. The molecule has 2 heterocycles. The predicted molar refractivity (Wildman–Crippen MR) is 221 cm³/mol. The molecule has 2 aliphatic carbocycles. The number of carbonyl (C=O) groups is 4. The fraction of sp³-hybridized carbons (Fsp3) is 0.234. The van der Waals surface area contributed by atoms with Crippen LogP contribution in [0.15, 0.2) is 143 Å². The van der Waals surface area contributed by atoms with Crippen molar-refractivity contribution in [3.8, 4) is 5.75 Å². The molecule has 0 aromatic heterocycles. The van der Waals surface area contributed by atoms with Gasteiger partial charge in [0.2, 0.25) is 11.8 Å². The number of nitrogens with zero attached hydrogens (tertiary/aromatic N) is 5. The molecule has 2 N–H and O–H groups in total. The number of aromatic hydroxyl groups is 1. The van der Waals surface area contributed by atoms with E-state index in [0.29, 0.717) is 39.4 Å². The van der Waals surface area contributed by atoms with Crippen LogP contribution in [0.4, 0.5) is 32.8 Å². The van der Waals surface area contributed by atoms with Gasteiger partial charge in [-0.05, 0) is 110 Å². The molecule has 2 aliphatic heterocycles. The summed E-state index contributed by atoms with van der Waals surface area (Å²) < 4.78 is 15.4. The second-order valence-electron chi connectivity index (χ2n) is 15.9. The monoisotopic (exact) mass is 788 g/mol. The fourth-order valence-electron chi connectivity index (χ4n) is 9.68. The number of carbonyl (C=O) groups excluding carboxylic acids is 4. The number of nitrogens with one attached hydrogen (secondary N) is 1. The molecule has 4 aliphatic rings. The van der Waals surface area contributed by atoms with E-state index in [4.69, 9.17) is 0 Å². The van der Waals surface area contributed by atoms with Gasteiger partial charge in [0, 0.05) is 25.7 Å². The zero-order valence-electron chi connectivity index (χ0n) is 32.6. The summed E-state index contributed by atoms with van der Waals surface area (Å²) in [5.41, 5.74) is 7.28. The summed E-state index contributed by atoms with van der Waals surface area (Å²) in [6.45, 7) is 1.93. The highest BCUT2D eigenvalue weighted by molar-refractivity contribution is 6.22. The van der Waals surface area contributed by atoms with Crippen LogP contribution in [0.2, 0.25) is 0 Å². The van der Waals surface area contributed by atoms with Crippen LogP contribution in [0.5, 0.6) is 5.75 Å². The number of halogens is 1. The van der Waals surface area contributed by atoms with E-state index in [1.54, 1.807) is 66.7 Å². The minimum atomic E-state index is -1.56. The molecule has 0 spiro atoms. The SMILES string of the molecule is Cc1ccc(NN2C(=O)[C@@H]3C[C@@H]4C(=CC[C@@H]5C(=O)N(c6ccc(N=Nc7ccc(N(C)C)cc7)cc6)C(=O)[C@@H]54)[C@H](c4ccc(O)c(F)c4)[C@]3(c3ccccc3)C2=O)cc1. The number of amides is 4. The van der Waals surface area contributed by atoms with Gasteiger partial charge in [-0.25, -0.2) is 4.39 Å². The summed E-state index contributed by atoms with van der Waals surface area (Å²) in [5.74, 6) is -7.31. The van der Waals surface area contributed by atoms with Crippen molar-refractivity contribution >= 4 is 52.1 Å². The van der Waals surface area contributed by atoms with E-state index < -0.39 is 64.3 Å². The highest BCUT2D eigenvalue weighted by Crippen LogP contribution is 2.64. The molecule has 0 unspecified atom stereocenters. The van der Waals surface area contributed by atoms with Gasteiger partial charge >= 0.3 is 0 Å². The largest absolute Gasteiger partial charge is 0.505 e. The van der Waals surface area contributed by atoms with Crippen molar-refractivity contribution in [1.29, 1.82) is 0 Å². The van der Waals surface area contributed by atoms with E-state index in [1.165, 1.54) is 17.0 Å². The molecule has 3 fully saturated rings. The van der Waals surface area contributed by atoms with E-state index in [9.17, 15) is 19.5 Å². The second-order valence-corrected chi connectivity index (χ2v) is 15.9. The molecule has 5 aromatic carbocycles. The number of hydrogen-bond donors (Lipinski definition) is 2. The lowest BCUT2D eigenvalue weighted by Crippen LogP contribution is -2.53. The number of hydrazine groups is 1. The summed E-state index contributed by atoms with van der Waals surface area (Å²) in [5, 5.41) is 20.0. The van der Waals surface area contributed by atoms with Crippen LogP contribution in [0, 0.1) is 36.4 Å². The van der Waals surface area contributed by atoms with Crippen LogP contribution >= 0.6 is 0 Å². The third kappa shape index (κ3) is 6.09. The van der Waals surface area contributed by atoms with Crippen molar-refractivity contribution in [2.75, 3.05) is 29.3 Å². The molecule has 4 amide bonds. The first-order valence-electron chi connectivity index (χ1n) is 19.6. The minimum Gasteiger partial charge on any atom is -0.505 e. The number of phenolic OH excluding ortho intramolecular Hbond substituents is 1. The van der Waals surface area contributed by atoms with Crippen molar-refractivity contribution in [3.63, 3.8) is 0 Å². The molecular weight excluding hydrogens is 748 g/mol. The second kappa shape index (κ2) is 14.5. The molecule has 9 rings (SSSR count). The van der Waals surface area contributed by atoms with Gasteiger partial charge in [0.25, 0.3) is 11.8 Å². The Balaban J connectivity index is 1.10. The quantitative estimate of drug-likeness (QED) is 0.0915. The highest BCUT2D eigenvalue weighted by atomic mass is 19.1. The first-order valence-corrected chi connectivity index (χ1v) is 19.6. The van der Waals surface area contributed by atoms with E-state index >= 15 is 9.18 Å². The third-order valence-electron chi connectivity index (χ3n) is 12.5. The van der Waals surface area contributed by atoms with Crippen molar-refractivity contribution < 1.29 is 28.7 Å². The smallest absolute Gasteiger partial charge is 0.260 e. The zero-order chi connectivity index (χ0) is 41.2. The van der Waals surface area contributed by atoms with Gasteiger partial charge in [-0.1, -0.05) is 65.7 Å². The number of benzene rings is 5. The van der Waals surface area contributed by atoms with Crippen molar-refractivity contribution in [2.45, 2.75) is 31.1 Å². The standard InChI is InChI=1S/C47H41FN6O5/c1-27-9-12-32(13-10-27)51-54-44(57)38-26-37-35(42(28-11-24-40(55)39(48)25-28)47(38,46(54)59)29-7-5-4-6-8-29)22-23-36-41(37)45(58)53(43(36)56)34-20-16-31(17-21-34)50-49-30-14-18-33(19-15-30)52(2)3/h4-22,24-25,36-38,41-42,51,55H,23,26H2,1-3H3/t36-,37+,38-,41-,42-,47+/m0/s1. The lowest BCUT2D eigenvalue weighted by atomic mass is 9.49. The van der Waals surface area contributed by atoms with Crippen molar-refractivity contribution in [2.24, 2.45) is 33.9 Å². The lowest BCUT2D eigenvalue weighted by Gasteiger charge is -2.50. The number of fused-ring (bicyclic) bond motifs is 4. The molecule has 0 bridgehead atoms. The Kier molecular flexibility index (Phi) is 9.22. The van der Waals surface area contributed by atoms with Crippen LogP contribution in [0.3, 0.4) is 0 Å². The molecule has 2 saturated heterocycles. The number of hydrogen-bond acceptors (Lipinski definition) is 9. The Bertz CT molecular complexity index is 2560. The van der Waals surface area contributed by atoms with Crippen LogP contribution in [0.25, 0.3) is 0 Å². The molecule has 12 heteroatoms. The molecule has 296 valence electrons. The Morgan fingerprint density at radius 3 is 2.08 bits per heavy atom. The zero-order valence-corrected chi connectivity index (χ0v) is 32.6. The fourth-order valence-corrected chi connectivity index (χ4v) is 9.68. The van der Waals surface area contributed by atoms with Crippen LogP contribution < -0.4 is 15.2 Å². The predicted octanol–water partition coefficient (Wildman–Crippen LogP) is 8.51. The summed E-state index contributed by atoms with van der Waals surface area (Å²) in [4.78, 5) is 62.3. The maximum absolute atomic E-state index is 15.4. The maximum atomic E-state index is 15.4. The van der Waals surface area contributed by atoms with E-state index in [1.807, 2.05) is 74.5 Å². The number of azo groups is 1. The van der Waals surface area contributed by atoms with E-state index in [0.717, 1.165) is 16.3 Å². The molecule has 0 radical (unpaired) electrons. The van der Waals surface area contributed by atoms with Gasteiger partial charge in [-0.15, -0.1) is 0 Å². The summed E-state index contributed by atoms with van der Waals surface area (Å²) in [6.07, 6.45) is 2.22. The molecule has 6 atom stereocenters. The van der Waals surface area contributed by atoms with Gasteiger partial charge in [0.1, 0.15) is 0 Å². The Morgan fingerprint density at radius 1 is 0.780 bits per heavy atom. The first-order chi connectivity index (χ1) is 28.5. The van der Waals surface area contributed by atoms with Gasteiger partial charge in [0.05, 0.1) is 45.9 Å². The van der Waals surface area contributed by atoms with Gasteiger partial charge < -0.3 is 10.0 Å². The average Bonchev–Trinajstić information content (AvgIpc) is 3.63. The summed E-state index contributed by atoms with van der Waals surface area (Å²) >= 11 is 0. The van der Waals surface area contributed by atoms with Gasteiger partial charge in [-0.3, -0.25) is 29.5 Å². The minimum absolute atomic E-state index is 0.0946. The van der Waals surface area contributed by atoms with E-state index in [2.05, 4.69) is 15.7 Å². The maximum Gasteiger partial charge on any atom is 0.260 e. The Morgan fingerprint density at radius 2 is 1.44 bits per heavy atom. The number of rotatable bonds is 8. The number of allylic oxidation sites excluding steroid dienone is 2. The van der Waals surface area contributed by atoms with E-state index in [-0.39, 0.29) is 18.7 Å². The number of aryl methyl sites for hydroxylation is 1. The Hall–Kier alpha value is -6.95. The molecule has 59 heavy (non-hydrogen) atoms. The van der Waals surface area contributed by atoms with Crippen molar-refractivity contribution in [1.82, 2.24) is 5.01 Å². The molecular formula is C47H41FN6O5. The van der Waals surface area contributed by atoms with Crippen molar-refractivity contribution in [3.05, 3.63) is 155 Å². The Labute approximate surface area is 340 Å².